The first kappa shape index (κ1) is 19.7. The molecule has 1 amide bonds. The molecule has 0 radical (unpaired) electrons. The van der Waals surface area contributed by atoms with Gasteiger partial charge in [0, 0.05) is 25.7 Å². The summed E-state index contributed by atoms with van der Waals surface area (Å²) in [6.07, 6.45) is 7.07. The summed E-state index contributed by atoms with van der Waals surface area (Å²) < 4.78 is 24.8. The molecule has 130 valence electrons. The average molecular weight is 354 g/mol. The van der Waals surface area contributed by atoms with E-state index < -0.39 is 10.0 Å². The van der Waals surface area contributed by atoms with Crippen molar-refractivity contribution in [2.75, 3.05) is 32.4 Å². The van der Waals surface area contributed by atoms with E-state index in [9.17, 15) is 13.2 Å². The third-order valence-electron chi connectivity index (χ3n) is 4.40. The maximum Gasteiger partial charge on any atom is 0.227 e. The number of rotatable bonds is 5. The Morgan fingerprint density at radius 2 is 2.05 bits per heavy atom. The van der Waals surface area contributed by atoms with Crippen LogP contribution in [0.4, 0.5) is 0 Å². The summed E-state index contributed by atoms with van der Waals surface area (Å²) in [6, 6.07) is 0.183. The summed E-state index contributed by atoms with van der Waals surface area (Å²) in [4.78, 5) is 14.7. The first-order valence-electron chi connectivity index (χ1n) is 7.93. The summed E-state index contributed by atoms with van der Waals surface area (Å²) >= 11 is 0. The Balaban J connectivity index is 0.00000242. The fourth-order valence-electron chi connectivity index (χ4n) is 3.30. The zero-order chi connectivity index (χ0) is 15.3. The maximum absolute atomic E-state index is 12.7. The number of hydrogen-bond acceptors (Lipinski definition) is 4. The van der Waals surface area contributed by atoms with Crippen molar-refractivity contribution in [2.45, 2.75) is 44.6 Å². The van der Waals surface area contributed by atoms with Gasteiger partial charge in [0.2, 0.25) is 15.9 Å². The van der Waals surface area contributed by atoms with E-state index in [2.05, 4.69) is 10.0 Å². The minimum absolute atomic E-state index is 0. The van der Waals surface area contributed by atoms with Crippen molar-refractivity contribution in [3.63, 3.8) is 0 Å². The Labute approximate surface area is 139 Å². The molecule has 2 saturated heterocycles. The van der Waals surface area contributed by atoms with Gasteiger partial charge in [-0.2, -0.15) is 0 Å². The van der Waals surface area contributed by atoms with Crippen LogP contribution in [-0.4, -0.2) is 57.7 Å². The molecule has 0 saturated carbocycles. The van der Waals surface area contributed by atoms with Crippen LogP contribution in [0.3, 0.4) is 0 Å². The van der Waals surface area contributed by atoms with Gasteiger partial charge < -0.3 is 10.2 Å². The van der Waals surface area contributed by atoms with Crippen LogP contribution in [0.25, 0.3) is 0 Å². The summed E-state index contributed by atoms with van der Waals surface area (Å²) in [5.41, 5.74) is 0. The summed E-state index contributed by atoms with van der Waals surface area (Å²) in [7, 11) is -3.15. The van der Waals surface area contributed by atoms with Crippen LogP contribution in [0, 0.1) is 5.92 Å². The van der Waals surface area contributed by atoms with Gasteiger partial charge in [-0.25, -0.2) is 13.1 Å². The van der Waals surface area contributed by atoms with Crippen LogP contribution >= 0.6 is 12.4 Å². The average Bonchev–Trinajstić information content (AvgIpc) is 2.47. The van der Waals surface area contributed by atoms with Crippen molar-refractivity contribution in [2.24, 2.45) is 5.92 Å². The Kier molecular flexibility index (Phi) is 8.10. The molecule has 2 N–H and O–H groups in total. The van der Waals surface area contributed by atoms with Crippen LogP contribution in [0.15, 0.2) is 0 Å². The number of hydrogen-bond donors (Lipinski definition) is 2. The molecule has 2 aliphatic rings. The van der Waals surface area contributed by atoms with Crippen molar-refractivity contribution in [3.05, 3.63) is 0 Å². The Morgan fingerprint density at radius 3 is 2.68 bits per heavy atom. The number of nitrogens with one attached hydrogen (secondary N) is 2. The van der Waals surface area contributed by atoms with Crippen molar-refractivity contribution >= 4 is 28.3 Å². The highest BCUT2D eigenvalue weighted by Gasteiger charge is 2.31. The third-order valence-corrected chi connectivity index (χ3v) is 5.13. The number of halogens is 1. The molecule has 22 heavy (non-hydrogen) atoms. The second kappa shape index (κ2) is 9.05. The van der Waals surface area contributed by atoms with Crippen LogP contribution in [0.2, 0.25) is 0 Å². The van der Waals surface area contributed by atoms with Crippen LogP contribution in [-0.2, 0) is 14.8 Å². The Hall–Kier alpha value is -0.370. The predicted octanol–water partition coefficient (Wildman–Crippen LogP) is 0.728. The molecule has 8 heteroatoms. The summed E-state index contributed by atoms with van der Waals surface area (Å²) in [5, 5.41) is 3.29. The quantitative estimate of drug-likeness (QED) is 0.763. The molecule has 2 heterocycles. The van der Waals surface area contributed by atoms with Gasteiger partial charge in [0.1, 0.15) is 0 Å². The van der Waals surface area contributed by atoms with Gasteiger partial charge in [-0.1, -0.05) is 0 Å². The largest absolute Gasteiger partial charge is 0.339 e. The molecule has 2 rings (SSSR count). The van der Waals surface area contributed by atoms with E-state index in [1.54, 1.807) is 0 Å². The number of amides is 1. The minimum Gasteiger partial charge on any atom is -0.339 e. The molecule has 0 spiro atoms. The van der Waals surface area contributed by atoms with Gasteiger partial charge >= 0.3 is 0 Å². The first-order chi connectivity index (χ1) is 9.97. The zero-order valence-corrected chi connectivity index (χ0v) is 14.8. The first-order valence-corrected chi connectivity index (χ1v) is 9.82. The van der Waals surface area contributed by atoms with Crippen molar-refractivity contribution < 1.29 is 13.2 Å². The highest BCUT2D eigenvalue weighted by molar-refractivity contribution is 7.88. The number of sulfonamides is 1. The topological polar surface area (TPSA) is 78.5 Å². The Morgan fingerprint density at radius 1 is 1.27 bits per heavy atom. The monoisotopic (exact) mass is 353 g/mol. The van der Waals surface area contributed by atoms with E-state index in [1.165, 1.54) is 6.26 Å². The van der Waals surface area contributed by atoms with Gasteiger partial charge in [0.15, 0.2) is 0 Å². The lowest BCUT2D eigenvalue weighted by molar-refractivity contribution is -0.140. The van der Waals surface area contributed by atoms with E-state index in [0.717, 1.165) is 51.7 Å². The van der Waals surface area contributed by atoms with E-state index >= 15 is 0 Å². The lowest BCUT2D eigenvalue weighted by atomic mass is 9.93. The standard InChI is InChI=1S/C14H27N3O3S.ClH/c1-21(19,20)16-9-7-13-6-2-3-10-17(13)14(18)12-5-4-8-15-11-12;/h12-13,15-16H,2-11H2,1H3;1H/t12-,13?;/m1./s1. The minimum atomic E-state index is -3.15. The van der Waals surface area contributed by atoms with E-state index in [0.29, 0.717) is 13.0 Å². The fraction of sp³-hybridized carbons (Fsp3) is 0.929. The van der Waals surface area contributed by atoms with Gasteiger partial charge in [-0.05, 0) is 45.1 Å². The highest BCUT2D eigenvalue weighted by atomic mass is 35.5. The normalized spacial score (nSPS) is 26.3. The SMILES string of the molecule is CS(=O)(=O)NCCC1CCCCN1C(=O)[C@@H]1CCCNC1.Cl. The maximum atomic E-state index is 12.7. The van der Waals surface area contributed by atoms with Gasteiger partial charge in [-0.15, -0.1) is 12.4 Å². The van der Waals surface area contributed by atoms with E-state index in [4.69, 9.17) is 0 Å². The molecular formula is C14H28ClN3O3S. The van der Waals surface area contributed by atoms with Gasteiger partial charge in [0.05, 0.1) is 12.2 Å². The lowest BCUT2D eigenvalue weighted by Gasteiger charge is -2.39. The van der Waals surface area contributed by atoms with E-state index in [1.807, 2.05) is 4.90 Å². The number of carbonyl (C=O) groups excluding carboxylic acids is 1. The third kappa shape index (κ3) is 6.02. The van der Waals surface area contributed by atoms with E-state index in [-0.39, 0.29) is 30.3 Å². The second-order valence-electron chi connectivity index (χ2n) is 6.18. The predicted molar refractivity (Wildman–Crippen MR) is 89.7 cm³/mol. The second-order valence-corrected chi connectivity index (χ2v) is 8.01. The van der Waals surface area contributed by atoms with Crippen molar-refractivity contribution in [1.29, 1.82) is 0 Å². The zero-order valence-electron chi connectivity index (χ0n) is 13.2. The molecular weight excluding hydrogens is 326 g/mol. The number of piperidine rings is 2. The molecule has 2 atom stereocenters. The Bertz CT molecular complexity index is 452. The molecule has 0 aromatic heterocycles. The number of nitrogens with zero attached hydrogens (tertiary/aromatic N) is 1. The lowest BCUT2D eigenvalue weighted by Crippen LogP contribution is -2.50. The molecule has 0 aliphatic carbocycles. The van der Waals surface area contributed by atoms with Crippen LogP contribution < -0.4 is 10.0 Å². The van der Waals surface area contributed by atoms with Gasteiger partial charge in [0.25, 0.3) is 0 Å². The van der Waals surface area contributed by atoms with Crippen molar-refractivity contribution in [1.82, 2.24) is 14.9 Å². The number of likely N-dealkylation sites (tertiary alicyclic amines) is 1. The van der Waals surface area contributed by atoms with Crippen molar-refractivity contribution in [3.8, 4) is 0 Å². The number of carbonyl (C=O) groups is 1. The molecule has 0 aromatic carbocycles. The summed E-state index contributed by atoms with van der Waals surface area (Å²) in [6.45, 7) is 3.02. The molecule has 1 unspecified atom stereocenters. The molecule has 2 aliphatic heterocycles. The molecule has 2 fully saturated rings. The smallest absolute Gasteiger partial charge is 0.227 e. The summed E-state index contributed by atoms with van der Waals surface area (Å²) in [5.74, 6) is 0.355. The van der Waals surface area contributed by atoms with Crippen LogP contribution in [0.5, 0.6) is 0 Å². The van der Waals surface area contributed by atoms with Gasteiger partial charge in [-0.3, -0.25) is 4.79 Å². The molecule has 6 nitrogen and oxygen atoms in total. The highest BCUT2D eigenvalue weighted by Crippen LogP contribution is 2.23. The van der Waals surface area contributed by atoms with Crippen LogP contribution in [0.1, 0.15) is 38.5 Å². The molecule has 0 aromatic rings. The molecule has 0 bridgehead atoms. The fourth-order valence-corrected chi connectivity index (χ4v) is 3.79.